The number of carbonyl (C=O) groups excluding carboxylic acids is 1. The van der Waals surface area contributed by atoms with E-state index >= 15 is 0 Å². The van der Waals surface area contributed by atoms with Gasteiger partial charge in [-0.05, 0) is 63.6 Å². The number of nitrogens with zero attached hydrogens (tertiary/aromatic N) is 2. The van der Waals surface area contributed by atoms with Gasteiger partial charge in [-0.15, -0.1) is 0 Å². The molecule has 36 heavy (non-hydrogen) atoms. The molecule has 2 aromatic carbocycles. The summed E-state index contributed by atoms with van der Waals surface area (Å²) in [5.74, 6) is 2.06. The molecule has 0 heterocycles. The minimum atomic E-state index is -0.0192. The van der Waals surface area contributed by atoms with E-state index in [0.717, 1.165) is 75.4 Å². The van der Waals surface area contributed by atoms with Gasteiger partial charge in [0.05, 0.1) is 25.4 Å². The summed E-state index contributed by atoms with van der Waals surface area (Å²) in [5.41, 5.74) is 2.90. The Kier molecular flexibility index (Phi) is 11.1. The minimum absolute atomic E-state index is 0.0192. The predicted molar refractivity (Wildman–Crippen MR) is 147 cm³/mol. The maximum atomic E-state index is 13.6. The summed E-state index contributed by atoms with van der Waals surface area (Å²) in [6, 6.07) is 9.57. The van der Waals surface area contributed by atoms with Crippen molar-refractivity contribution in [2.75, 3.05) is 59.1 Å². The van der Waals surface area contributed by atoms with Crippen LogP contribution in [0.1, 0.15) is 69.8 Å². The van der Waals surface area contributed by atoms with Gasteiger partial charge in [0, 0.05) is 29.8 Å². The molecule has 0 radical (unpaired) electrons. The Labute approximate surface area is 217 Å². The number of ketones is 1. The Morgan fingerprint density at radius 2 is 1.11 bits per heavy atom. The van der Waals surface area contributed by atoms with Gasteiger partial charge in [0.2, 0.25) is 0 Å². The average molecular weight is 497 g/mol. The standard InChI is InChI=1S/C30H44N2O4/c1-6-20-34-25-16-17-26(36-22-13-19-32(9-4)10-5)29-28(25)27-23(30(29)33)14-11-15-24(27)35-21-12-18-31(7-2)8-3/h11,14-17H,6-10,12-13,18-22H2,1-5H3. The van der Waals surface area contributed by atoms with Crippen molar-refractivity contribution in [2.24, 2.45) is 0 Å². The largest absolute Gasteiger partial charge is 0.493 e. The lowest BCUT2D eigenvalue weighted by Gasteiger charge is -2.19. The quantitative estimate of drug-likeness (QED) is 0.217. The Morgan fingerprint density at radius 1 is 0.611 bits per heavy atom. The normalized spacial score (nSPS) is 12.2. The maximum absolute atomic E-state index is 13.6. The number of ether oxygens (including phenoxy) is 3. The van der Waals surface area contributed by atoms with Crippen LogP contribution in [0.3, 0.4) is 0 Å². The van der Waals surface area contributed by atoms with Crippen LogP contribution in [-0.4, -0.2) is 74.7 Å². The van der Waals surface area contributed by atoms with Crippen molar-refractivity contribution in [2.45, 2.75) is 53.9 Å². The lowest BCUT2D eigenvalue weighted by Crippen LogP contribution is -2.25. The maximum Gasteiger partial charge on any atom is 0.198 e. The van der Waals surface area contributed by atoms with Gasteiger partial charge in [-0.3, -0.25) is 4.79 Å². The summed E-state index contributed by atoms with van der Waals surface area (Å²) in [6.07, 6.45) is 2.73. The molecule has 0 N–H and O–H groups in total. The van der Waals surface area contributed by atoms with Crippen LogP contribution in [-0.2, 0) is 0 Å². The van der Waals surface area contributed by atoms with E-state index in [-0.39, 0.29) is 5.78 Å². The first-order valence-electron chi connectivity index (χ1n) is 13.8. The van der Waals surface area contributed by atoms with Gasteiger partial charge in [-0.1, -0.05) is 46.8 Å². The topological polar surface area (TPSA) is 51.2 Å². The van der Waals surface area contributed by atoms with Crippen LogP contribution in [0, 0.1) is 0 Å². The fourth-order valence-corrected chi connectivity index (χ4v) is 4.74. The molecule has 0 fully saturated rings. The zero-order valence-corrected chi connectivity index (χ0v) is 22.9. The first kappa shape index (κ1) is 28.0. The monoisotopic (exact) mass is 496 g/mol. The van der Waals surface area contributed by atoms with E-state index in [1.54, 1.807) is 0 Å². The molecule has 0 spiro atoms. The second-order valence-corrected chi connectivity index (χ2v) is 9.13. The van der Waals surface area contributed by atoms with Crippen molar-refractivity contribution < 1.29 is 19.0 Å². The van der Waals surface area contributed by atoms with Crippen molar-refractivity contribution in [3.05, 3.63) is 41.5 Å². The Morgan fingerprint density at radius 3 is 1.64 bits per heavy atom. The molecule has 2 aromatic rings. The molecule has 0 unspecified atom stereocenters. The molecule has 0 aromatic heterocycles. The Hall–Kier alpha value is -2.57. The summed E-state index contributed by atoms with van der Waals surface area (Å²) < 4.78 is 18.6. The molecule has 0 amide bonds. The van der Waals surface area contributed by atoms with Gasteiger partial charge in [-0.25, -0.2) is 0 Å². The van der Waals surface area contributed by atoms with Crippen molar-refractivity contribution in [1.82, 2.24) is 9.80 Å². The summed E-state index contributed by atoms with van der Waals surface area (Å²) in [5, 5.41) is 0. The smallest absolute Gasteiger partial charge is 0.198 e. The SMILES string of the molecule is CCCOc1ccc(OCCCN(CC)CC)c2c1-c1c(OCCCN(CC)CC)cccc1C2=O. The highest BCUT2D eigenvalue weighted by Crippen LogP contribution is 2.50. The van der Waals surface area contributed by atoms with Gasteiger partial charge in [0.25, 0.3) is 0 Å². The minimum Gasteiger partial charge on any atom is -0.493 e. The zero-order valence-electron chi connectivity index (χ0n) is 22.9. The first-order valence-corrected chi connectivity index (χ1v) is 13.8. The molecule has 6 nitrogen and oxygen atoms in total. The second-order valence-electron chi connectivity index (χ2n) is 9.13. The van der Waals surface area contributed by atoms with E-state index in [2.05, 4.69) is 44.4 Å². The van der Waals surface area contributed by atoms with Gasteiger partial charge in [0.15, 0.2) is 5.78 Å². The lowest BCUT2D eigenvalue weighted by molar-refractivity contribution is 0.103. The van der Waals surface area contributed by atoms with Crippen molar-refractivity contribution >= 4 is 5.78 Å². The van der Waals surface area contributed by atoms with Gasteiger partial charge < -0.3 is 24.0 Å². The summed E-state index contributed by atoms with van der Waals surface area (Å²) >= 11 is 0. The lowest BCUT2D eigenvalue weighted by atomic mass is 10.0. The number of hydrogen-bond acceptors (Lipinski definition) is 6. The van der Waals surface area contributed by atoms with Crippen molar-refractivity contribution in [1.29, 1.82) is 0 Å². The summed E-state index contributed by atoms with van der Waals surface area (Å²) in [4.78, 5) is 18.4. The number of rotatable bonds is 17. The molecular weight excluding hydrogens is 452 g/mol. The van der Waals surface area contributed by atoms with E-state index in [1.165, 1.54) is 0 Å². The Bertz CT molecular complexity index is 983. The molecule has 0 bridgehead atoms. The van der Waals surface area contributed by atoms with Crippen LogP contribution in [0.4, 0.5) is 0 Å². The van der Waals surface area contributed by atoms with Crippen LogP contribution in [0.15, 0.2) is 30.3 Å². The number of fused-ring (bicyclic) bond motifs is 3. The van der Waals surface area contributed by atoms with E-state index in [9.17, 15) is 4.79 Å². The third-order valence-corrected chi connectivity index (χ3v) is 6.88. The predicted octanol–water partition coefficient (Wildman–Crippen LogP) is 5.91. The van der Waals surface area contributed by atoms with Crippen LogP contribution in [0.25, 0.3) is 11.1 Å². The van der Waals surface area contributed by atoms with Crippen molar-refractivity contribution in [3.63, 3.8) is 0 Å². The third kappa shape index (κ3) is 6.60. The highest BCUT2D eigenvalue weighted by molar-refractivity contribution is 6.25. The second kappa shape index (κ2) is 14.2. The van der Waals surface area contributed by atoms with E-state index in [0.29, 0.717) is 42.4 Å². The molecule has 0 saturated heterocycles. The molecule has 1 aliphatic carbocycles. The average Bonchev–Trinajstić information content (AvgIpc) is 3.22. The number of carbonyl (C=O) groups is 1. The van der Waals surface area contributed by atoms with Crippen LogP contribution < -0.4 is 14.2 Å². The van der Waals surface area contributed by atoms with Gasteiger partial charge in [-0.2, -0.15) is 0 Å². The zero-order chi connectivity index (χ0) is 25.9. The van der Waals surface area contributed by atoms with Gasteiger partial charge >= 0.3 is 0 Å². The molecule has 198 valence electrons. The van der Waals surface area contributed by atoms with Gasteiger partial charge in [0.1, 0.15) is 17.2 Å². The number of benzene rings is 2. The third-order valence-electron chi connectivity index (χ3n) is 6.88. The highest BCUT2D eigenvalue weighted by Gasteiger charge is 2.35. The molecule has 6 heteroatoms. The van der Waals surface area contributed by atoms with Crippen LogP contribution in [0.2, 0.25) is 0 Å². The van der Waals surface area contributed by atoms with Crippen LogP contribution in [0.5, 0.6) is 17.2 Å². The fourth-order valence-electron chi connectivity index (χ4n) is 4.74. The molecule has 0 atom stereocenters. The Balaban J connectivity index is 1.85. The first-order chi connectivity index (χ1) is 17.6. The molecule has 1 aliphatic rings. The van der Waals surface area contributed by atoms with E-state index in [4.69, 9.17) is 14.2 Å². The summed E-state index contributed by atoms with van der Waals surface area (Å²) in [6.45, 7) is 18.6. The van der Waals surface area contributed by atoms with Crippen molar-refractivity contribution in [3.8, 4) is 28.4 Å². The molecular formula is C30H44N2O4. The number of hydrogen-bond donors (Lipinski definition) is 0. The molecule has 3 rings (SSSR count). The van der Waals surface area contributed by atoms with E-state index < -0.39 is 0 Å². The molecule has 0 saturated carbocycles. The summed E-state index contributed by atoms with van der Waals surface area (Å²) in [7, 11) is 0. The molecule has 0 aliphatic heterocycles. The fraction of sp³-hybridized carbons (Fsp3) is 0.567. The van der Waals surface area contributed by atoms with Crippen LogP contribution >= 0.6 is 0 Å². The van der Waals surface area contributed by atoms with E-state index in [1.807, 2.05) is 30.3 Å². The highest BCUT2D eigenvalue weighted by atomic mass is 16.5.